The summed E-state index contributed by atoms with van der Waals surface area (Å²) < 4.78 is 13.6. The van der Waals surface area contributed by atoms with Gasteiger partial charge < -0.3 is 20.5 Å². The molecule has 0 amide bonds. The molecule has 2 heterocycles. The third kappa shape index (κ3) is 2.17. The molecular weight excluding hydrogens is 263 g/mol. The second-order valence-electron chi connectivity index (χ2n) is 5.14. The van der Waals surface area contributed by atoms with Crippen molar-refractivity contribution in [1.82, 2.24) is 10.3 Å². The van der Waals surface area contributed by atoms with E-state index < -0.39 is 18.0 Å². The molecule has 20 heavy (non-hydrogen) atoms. The Kier molecular flexibility index (Phi) is 3.19. The molecule has 0 aliphatic carbocycles. The number of para-hydroxylation sites is 1. The molecule has 0 radical (unpaired) electrons. The van der Waals surface area contributed by atoms with Crippen molar-refractivity contribution in [3.05, 3.63) is 35.8 Å². The Morgan fingerprint density at radius 1 is 1.40 bits per heavy atom. The van der Waals surface area contributed by atoms with Crippen molar-refractivity contribution in [3.63, 3.8) is 0 Å². The van der Waals surface area contributed by atoms with Gasteiger partial charge in [-0.15, -0.1) is 0 Å². The zero-order valence-corrected chi connectivity index (χ0v) is 10.6. The number of aliphatic carboxylic acids is 1. The Labute approximate surface area is 114 Å². The zero-order valence-electron chi connectivity index (χ0n) is 10.6. The summed E-state index contributed by atoms with van der Waals surface area (Å²) in [5.74, 6) is -2.13. The third-order valence-corrected chi connectivity index (χ3v) is 3.84. The second kappa shape index (κ2) is 4.88. The van der Waals surface area contributed by atoms with Gasteiger partial charge in [0.1, 0.15) is 5.82 Å². The number of hydrogen-bond acceptors (Lipinski definition) is 3. The molecule has 4 N–H and O–H groups in total. The lowest BCUT2D eigenvalue weighted by atomic mass is 9.90. The number of benzene rings is 1. The number of carboxylic acids is 1. The number of rotatable bonds is 2. The maximum Gasteiger partial charge on any atom is 0.310 e. The van der Waals surface area contributed by atoms with E-state index in [1.165, 1.54) is 6.07 Å². The fourth-order valence-corrected chi connectivity index (χ4v) is 2.71. The van der Waals surface area contributed by atoms with E-state index >= 15 is 0 Å². The summed E-state index contributed by atoms with van der Waals surface area (Å²) in [6, 6.07) is 6.44. The molecular formula is C14H15FN2O3. The third-order valence-electron chi connectivity index (χ3n) is 3.84. The van der Waals surface area contributed by atoms with Gasteiger partial charge >= 0.3 is 5.97 Å². The molecule has 1 aromatic carbocycles. The molecule has 0 saturated carbocycles. The molecule has 6 heteroatoms. The molecule has 1 fully saturated rings. The van der Waals surface area contributed by atoms with Crippen molar-refractivity contribution in [2.45, 2.75) is 18.6 Å². The molecule has 3 atom stereocenters. The number of fused-ring (bicyclic) bond motifs is 1. The van der Waals surface area contributed by atoms with Gasteiger partial charge in [-0.1, -0.05) is 12.1 Å². The molecule has 1 aliphatic heterocycles. The van der Waals surface area contributed by atoms with Gasteiger partial charge in [0.25, 0.3) is 0 Å². The first-order chi connectivity index (χ1) is 9.56. The summed E-state index contributed by atoms with van der Waals surface area (Å²) in [5.41, 5.74) is 1.19. The standard InChI is InChI=1S/C14H15FN2O3/c15-9-3-1-2-7-4-11(17-13(7)9)10-5-12(18)8(6-16-10)14(19)20/h1-4,8,10,12,16-18H,5-6H2,(H,19,20). The van der Waals surface area contributed by atoms with Gasteiger partial charge in [-0.05, 0) is 18.6 Å². The smallest absolute Gasteiger partial charge is 0.310 e. The Morgan fingerprint density at radius 3 is 2.85 bits per heavy atom. The van der Waals surface area contributed by atoms with Crippen LogP contribution in [0.5, 0.6) is 0 Å². The first-order valence-electron chi connectivity index (χ1n) is 6.47. The minimum absolute atomic E-state index is 0.193. The average Bonchev–Trinajstić information content (AvgIpc) is 2.83. The summed E-state index contributed by atoms with van der Waals surface area (Å²) in [6.07, 6.45) is -0.624. The lowest BCUT2D eigenvalue weighted by molar-refractivity contribution is -0.147. The van der Waals surface area contributed by atoms with Crippen molar-refractivity contribution in [2.24, 2.45) is 5.92 Å². The van der Waals surface area contributed by atoms with Gasteiger partial charge in [-0.3, -0.25) is 4.79 Å². The molecule has 106 valence electrons. The van der Waals surface area contributed by atoms with Crippen LogP contribution in [0.4, 0.5) is 4.39 Å². The Hall–Kier alpha value is -1.92. The van der Waals surface area contributed by atoms with Gasteiger partial charge in [0, 0.05) is 23.7 Å². The number of halogens is 1. The topological polar surface area (TPSA) is 85.4 Å². The van der Waals surface area contributed by atoms with Crippen LogP contribution < -0.4 is 5.32 Å². The van der Waals surface area contributed by atoms with Crippen LogP contribution in [0.3, 0.4) is 0 Å². The Bertz CT molecular complexity index is 655. The summed E-state index contributed by atoms with van der Waals surface area (Å²) in [5, 5.41) is 22.7. The van der Waals surface area contributed by atoms with Crippen LogP contribution in [0.1, 0.15) is 18.2 Å². The molecule has 1 aliphatic rings. The van der Waals surface area contributed by atoms with Gasteiger partial charge in [-0.2, -0.15) is 0 Å². The first kappa shape index (κ1) is 13.1. The van der Waals surface area contributed by atoms with E-state index in [0.717, 1.165) is 11.1 Å². The number of hydrogen-bond donors (Lipinski definition) is 4. The first-order valence-corrected chi connectivity index (χ1v) is 6.47. The van der Waals surface area contributed by atoms with E-state index in [9.17, 15) is 14.3 Å². The normalized spacial score (nSPS) is 26.8. The number of piperidine rings is 1. The minimum atomic E-state index is -1.01. The zero-order chi connectivity index (χ0) is 14.3. The van der Waals surface area contributed by atoms with Crippen LogP contribution in [0.15, 0.2) is 24.3 Å². The summed E-state index contributed by atoms with van der Waals surface area (Å²) in [6.45, 7) is 0.193. The second-order valence-corrected chi connectivity index (χ2v) is 5.14. The largest absolute Gasteiger partial charge is 0.481 e. The quantitative estimate of drug-likeness (QED) is 0.669. The van der Waals surface area contributed by atoms with E-state index in [-0.39, 0.29) is 24.8 Å². The summed E-state index contributed by atoms with van der Waals surface area (Å²) in [7, 11) is 0. The van der Waals surface area contributed by atoms with Crippen molar-refractivity contribution < 1.29 is 19.4 Å². The number of carboxylic acid groups (broad SMARTS) is 1. The molecule has 2 aromatic rings. The summed E-state index contributed by atoms with van der Waals surface area (Å²) >= 11 is 0. The van der Waals surface area contributed by atoms with Crippen molar-refractivity contribution in [1.29, 1.82) is 0 Å². The fraction of sp³-hybridized carbons (Fsp3) is 0.357. The van der Waals surface area contributed by atoms with Crippen LogP contribution >= 0.6 is 0 Å². The number of nitrogens with one attached hydrogen (secondary N) is 2. The molecule has 3 unspecified atom stereocenters. The van der Waals surface area contributed by atoms with Crippen LogP contribution in [0, 0.1) is 11.7 Å². The lowest BCUT2D eigenvalue weighted by Gasteiger charge is -2.31. The highest BCUT2D eigenvalue weighted by Crippen LogP contribution is 2.29. The fourth-order valence-electron chi connectivity index (χ4n) is 2.71. The van der Waals surface area contributed by atoms with Crippen molar-refractivity contribution in [2.75, 3.05) is 6.54 Å². The van der Waals surface area contributed by atoms with E-state index in [1.807, 2.05) is 6.07 Å². The monoisotopic (exact) mass is 278 g/mol. The number of aliphatic hydroxyl groups excluding tert-OH is 1. The van der Waals surface area contributed by atoms with E-state index in [2.05, 4.69) is 10.3 Å². The minimum Gasteiger partial charge on any atom is -0.481 e. The van der Waals surface area contributed by atoms with Crippen LogP contribution in [0.25, 0.3) is 10.9 Å². The van der Waals surface area contributed by atoms with Crippen LogP contribution in [0.2, 0.25) is 0 Å². The lowest BCUT2D eigenvalue weighted by Crippen LogP contribution is -2.45. The van der Waals surface area contributed by atoms with Gasteiger partial charge in [0.2, 0.25) is 0 Å². The van der Waals surface area contributed by atoms with Crippen LogP contribution in [-0.2, 0) is 4.79 Å². The van der Waals surface area contributed by atoms with Crippen molar-refractivity contribution >= 4 is 16.9 Å². The predicted molar refractivity (Wildman–Crippen MR) is 70.8 cm³/mol. The molecule has 0 spiro atoms. The Morgan fingerprint density at radius 2 is 2.20 bits per heavy atom. The molecule has 1 aromatic heterocycles. The number of aromatic nitrogens is 1. The molecule has 3 rings (SSSR count). The molecule has 1 saturated heterocycles. The number of aromatic amines is 1. The van der Waals surface area contributed by atoms with Gasteiger partial charge in [-0.25, -0.2) is 4.39 Å². The number of carbonyl (C=O) groups is 1. The highest BCUT2D eigenvalue weighted by atomic mass is 19.1. The maximum absolute atomic E-state index is 13.6. The van der Waals surface area contributed by atoms with Crippen LogP contribution in [-0.4, -0.2) is 33.8 Å². The summed E-state index contributed by atoms with van der Waals surface area (Å²) in [4.78, 5) is 13.9. The van der Waals surface area contributed by atoms with Gasteiger partial charge in [0.15, 0.2) is 0 Å². The molecule has 0 bridgehead atoms. The highest BCUT2D eigenvalue weighted by molar-refractivity contribution is 5.81. The highest BCUT2D eigenvalue weighted by Gasteiger charge is 2.34. The van der Waals surface area contributed by atoms with Gasteiger partial charge in [0.05, 0.1) is 17.5 Å². The number of aliphatic hydroxyl groups is 1. The van der Waals surface area contributed by atoms with Crippen molar-refractivity contribution in [3.8, 4) is 0 Å². The van der Waals surface area contributed by atoms with E-state index in [0.29, 0.717) is 5.52 Å². The SMILES string of the molecule is O=C(O)C1CNC(c2cc3cccc(F)c3[nH]2)CC1O. The molecule has 5 nitrogen and oxygen atoms in total. The average molecular weight is 278 g/mol. The van der Waals surface area contributed by atoms with E-state index in [1.54, 1.807) is 12.1 Å². The maximum atomic E-state index is 13.6. The van der Waals surface area contributed by atoms with E-state index in [4.69, 9.17) is 5.11 Å². The predicted octanol–water partition coefficient (Wildman–Crippen LogP) is 1.40. The Balaban J connectivity index is 1.86. The number of H-pyrrole nitrogens is 1.